The molecule has 0 aliphatic carbocycles. The third-order valence-corrected chi connectivity index (χ3v) is 1.53. The molecular formula is C10H14O5. The first-order valence-electron chi connectivity index (χ1n) is 4.24. The van der Waals surface area contributed by atoms with Crippen molar-refractivity contribution in [1.29, 1.82) is 0 Å². The number of esters is 1. The van der Waals surface area contributed by atoms with Gasteiger partial charge in [0.05, 0.1) is 19.8 Å². The lowest BCUT2D eigenvalue weighted by Crippen LogP contribution is -2.05. The van der Waals surface area contributed by atoms with Crippen molar-refractivity contribution < 1.29 is 24.2 Å². The van der Waals surface area contributed by atoms with Gasteiger partial charge in [-0.1, -0.05) is 13.2 Å². The average molecular weight is 214 g/mol. The number of hydrogen-bond acceptors (Lipinski definition) is 4. The van der Waals surface area contributed by atoms with Gasteiger partial charge in [-0.25, -0.2) is 9.59 Å². The fraction of sp³-hybridized carbons (Fsp3) is 0.400. The van der Waals surface area contributed by atoms with Crippen LogP contribution in [-0.4, -0.2) is 36.9 Å². The minimum Gasteiger partial charge on any atom is -0.478 e. The van der Waals surface area contributed by atoms with Crippen molar-refractivity contribution in [2.24, 2.45) is 0 Å². The van der Waals surface area contributed by atoms with Crippen LogP contribution >= 0.6 is 0 Å². The smallest absolute Gasteiger partial charge is 0.333 e. The van der Waals surface area contributed by atoms with Crippen LogP contribution in [0.2, 0.25) is 0 Å². The number of carbonyl (C=O) groups excluding carboxylic acids is 1. The summed E-state index contributed by atoms with van der Waals surface area (Å²) < 4.78 is 9.35. The van der Waals surface area contributed by atoms with Gasteiger partial charge in [0.2, 0.25) is 0 Å². The quantitative estimate of drug-likeness (QED) is 0.425. The Kier molecular flexibility index (Phi) is 6.05. The van der Waals surface area contributed by atoms with Crippen LogP contribution in [0.5, 0.6) is 0 Å². The molecule has 84 valence electrons. The maximum atomic E-state index is 10.7. The Morgan fingerprint density at radius 3 is 2.40 bits per heavy atom. The van der Waals surface area contributed by atoms with Crippen LogP contribution in [0, 0.1) is 0 Å². The van der Waals surface area contributed by atoms with Gasteiger partial charge in [0.25, 0.3) is 0 Å². The molecule has 5 heteroatoms. The van der Waals surface area contributed by atoms with Crippen molar-refractivity contribution in [3.63, 3.8) is 0 Å². The molecule has 0 aromatic heterocycles. The maximum absolute atomic E-state index is 10.7. The molecule has 1 aliphatic heterocycles. The normalized spacial score (nSPS) is 16.7. The number of rotatable bonds is 4. The zero-order valence-corrected chi connectivity index (χ0v) is 8.56. The lowest BCUT2D eigenvalue weighted by atomic mass is 10.2. The summed E-state index contributed by atoms with van der Waals surface area (Å²) in [6, 6.07) is 0. The van der Waals surface area contributed by atoms with E-state index in [-0.39, 0.29) is 12.1 Å². The molecule has 1 saturated heterocycles. The molecule has 0 aromatic rings. The second kappa shape index (κ2) is 6.78. The van der Waals surface area contributed by atoms with Crippen LogP contribution in [0.15, 0.2) is 24.8 Å². The number of aliphatic carboxylic acids is 1. The zero-order chi connectivity index (χ0) is 11.8. The maximum Gasteiger partial charge on any atom is 0.333 e. The van der Waals surface area contributed by atoms with Crippen molar-refractivity contribution in [2.75, 3.05) is 13.7 Å². The molecule has 1 rings (SSSR count). The third-order valence-electron chi connectivity index (χ3n) is 1.53. The predicted octanol–water partition coefficient (Wildman–Crippen LogP) is 0.762. The number of hydrogen-bond donors (Lipinski definition) is 1. The molecule has 1 unspecified atom stereocenters. The van der Waals surface area contributed by atoms with E-state index in [0.717, 1.165) is 12.7 Å². The van der Waals surface area contributed by atoms with Crippen LogP contribution in [0.3, 0.4) is 0 Å². The van der Waals surface area contributed by atoms with E-state index in [2.05, 4.69) is 17.9 Å². The van der Waals surface area contributed by atoms with E-state index in [1.807, 2.05) is 0 Å². The summed E-state index contributed by atoms with van der Waals surface area (Å²) in [4.78, 5) is 19.9. The van der Waals surface area contributed by atoms with Gasteiger partial charge in [-0.3, -0.25) is 0 Å². The Labute approximate surface area is 88.0 Å². The lowest BCUT2D eigenvalue weighted by Gasteiger charge is -1.98. The molecule has 0 spiro atoms. The Hall–Kier alpha value is -1.62. The molecule has 1 aliphatic rings. The van der Waals surface area contributed by atoms with Gasteiger partial charge in [0, 0.05) is 18.1 Å². The molecular weight excluding hydrogens is 200 g/mol. The summed E-state index contributed by atoms with van der Waals surface area (Å²) in [7, 11) is 1.35. The Morgan fingerprint density at radius 1 is 1.67 bits per heavy atom. The topological polar surface area (TPSA) is 76.1 Å². The molecule has 5 nitrogen and oxygen atoms in total. The SMILES string of the molecule is C=C(CC1CO1)C(=O)OC.C=CC(=O)O. The van der Waals surface area contributed by atoms with Gasteiger partial charge >= 0.3 is 11.9 Å². The third kappa shape index (κ3) is 7.45. The summed E-state index contributed by atoms with van der Waals surface area (Å²) in [5, 5.41) is 7.60. The predicted molar refractivity (Wildman–Crippen MR) is 53.3 cm³/mol. The molecule has 0 radical (unpaired) electrons. The minimum absolute atomic E-state index is 0.214. The molecule has 0 saturated carbocycles. The highest BCUT2D eigenvalue weighted by atomic mass is 16.6. The van der Waals surface area contributed by atoms with Crippen LogP contribution in [0.25, 0.3) is 0 Å². The first-order valence-corrected chi connectivity index (χ1v) is 4.24. The van der Waals surface area contributed by atoms with Crippen molar-refractivity contribution >= 4 is 11.9 Å². The molecule has 1 fully saturated rings. The van der Waals surface area contributed by atoms with Crippen molar-refractivity contribution in [2.45, 2.75) is 12.5 Å². The minimum atomic E-state index is -0.981. The second-order valence-corrected chi connectivity index (χ2v) is 2.80. The largest absolute Gasteiger partial charge is 0.478 e. The van der Waals surface area contributed by atoms with Crippen LogP contribution in [0.4, 0.5) is 0 Å². The second-order valence-electron chi connectivity index (χ2n) is 2.80. The van der Waals surface area contributed by atoms with Crippen LogP contribution < -0.4 is 0 Å². The number of carbonyl (C=O) groups is 2. The first kappa shape index (κ1) is 13.4. The summed E-state index contributed by atoms with van der Waals surface area (Å²) in [5.74, 6) is -1.32. The highest BCUT2D eigenvalue weighted by Crippen LogP contribution is 2.18. The molecule has 0 aromatic carbocycles. The Bertz CT molecular complexity index is 265. The zero-order valence-electron chi connectivity index (χ0n) is 8.56. The van der Waals surface area contributed by atoms with E-state index in [0.29, 0.717) is 12.0 Å². The molecule has 0 bridgehead atoms. The standard InChI is InChI=1S/C7H10O3.C3H4O2/c1-5(7(8)9-2)3-6-4-10-6;1-2-3(4)5/h6H,1,3-4H2,2H3;2H,1H2,(H,4,5). The van der Waals surface area contributed by atoms with E-state index < -0.39 is 5.97 Å². The fourth-order valence-corrected chi connectivity index (χ4v) is 0.688. The average Bonchev–Trinajstić information content (AvgIpc) is 3.01. The number of ether oxygens (including phenoxy) is 2. The highest BCUT2D eigenvalue weighted by Gasteiger charge is 2.25. The van der Waals surface area contributed by atoms with E-state index in [9.17, 15) is 9.59 Å². The summed E-state index contributed by atoms with van der Waals surface area (Å²) in [5.41, 5.74) is 0.491. The van der Waals surface area contributed by atoms with Gasteiger partial charge in [-0.2, -0.15) is 0 Å². The van der Waals surface area contributed by atoms with Crippen molar-refractivity contribution in [3.05, 3.63) is 24.8 Å². The summed E-state index contributed by atoms with van der Waals surface area (Å²) in [6.45, 7) is 7.26. The molecule has 0 amide bonds. The lowest BCUT2D eigenvalue weighted by molar-refractivity contribution is -0.136. The summed E-state index contributed by atoms with van der Waals surface area (Å²) >= 11 is 0. The van der Waals surface area contributed by atoms with Gasteiger partial charge in [-0.05, 0) is 0 Å². The Morgan fingerprint density at radius 2 is 2.13 bits per heavy atom. The first-order chi connectivity index (χ1) is 7.01. The van der Waals surface area contributed by atoms with Crippen molar-refractivity contribution in [1.82, 2.24) is 0 Å². The number of methoxy groups -OCH3 is 1. The van der Waals surface area contributed by atoms with E-state index >= 15 is 0 Å². The highest BCUT2D eigenvalue weighted by molar-refractivity contribution is 5.87. The van der Waals surface area contributed by atoms with Crippen molar-refractivity contribution in [3.8, 4) is 0 Å². The summed E-state index contributed by atoms with van der Waals surface area (Å²) in [6.07, 6.45) is 1.65. The van der Waals surface area contributed by atoms with Gasteiger partial charge < -0.3 is 14.6 Å². The molecule has 15 heavy (non-hydrogen) atoms. The molecule has 1 heterocycles. The fourth-order valence-electron chi connectivity index (χ4n) is 0.688. The van der Waals surface area contributed by atoms with Gasteiger partial charge in [0.1, 0.15) is 0 Å². The van der Waals surface area contributed by atoms with Crippen LogP contribution in [0.1, 0.15) is 6.42 Å². The number of carboxylic acids is 1. The van der Waals surface area contributed by atoms with E-state index in [4.69, 9.17) is 9.84 Å². The van der Waals surface area contributed by atoms with Crippen LogP contribution in [-0.2, 0) is 19.1 Å². The van der Waals surface area contributed by atoms with Gasteiger partial charge in [-0.15, -0.1) is 0 Å². The molecule has 1 N–H and O–H groups in total. The van der Waals surface area contributed by atoms with E-state index in [1.165, 1.54) is 7.11 Å². The van der Waals surface area contributed by atoms with Gasteiger partial charge in [0.15, 0.2) is 0 Å². The number of epoxide rings is 1. The monoisotopic (exact) mass is 214 g/mol. The molecule has 1 atom stereocenters. The number of carboxylic acid groups (broad SMARTS) is 1. The Balaban J connectivity index is 0.000000336. The van der Waals surface area contributed by atoms with E-state index in [1.54, 1.807) is 0 Å².